The van der Waals surface area contributed by atoms with E-state index in [1.807, 2.05) is 26.0 Å². The predicted molar refractivity (Wildman–Crippen MR) is 134 cm³/mol. The quantitative estimate of drug-likeness (QED) is 0.463. The molecule has 0 radical (unpaired) electrons. The number of ether oxygens (including phenoxy) is 2. The molecular weight excluding hydrogens is 513 g/mol. The number of nitrogens with two attached hydrogens (primary N) is 1. The van der Waals surface area contributed by atoms with Crippen molar-refractivity contribution in [3.63, 3.8) is 0 Å². The van der Waals surface area contributed by atoms with Crippen molar-refractivity contribution in [3.8, 4) is 11.5 Å². The van der Waals surface area contributed by atoms with Crippen LogP contribution in [0.4, 0.5) is 18.9 Å². The molecule has 10 heteroatoms. The second-order valence-corrected chi connectivity index (χ2v) is 11.1. The zero-order chi connectivity index (χ0) is 27.8. The number of halogens is 3. The van der Waals surface area contributed by atoms with Gasteiger partial charge in [0.25, 0.3) is 5.91 Å². The molecule has 1 aromatic heterocycles. The Balaban J connectivity index is 1.43. The molecule has 3 aromatic rings. The average Bonchev–Trinajstić information content (AvgIpc) is 3.39. The highest BCUT2D eigenvalue weighted by molar-refractivity contribution is 6.11. The van der Waals surface area contributed by atoms with Crippen molar-refractivity contribution < 1.29 is 36.7 Å². The highest BCUT2D eigenvalue weighted by Gasteiger charge is 2.58. The number of nitrogens with zero attached hydrogens (tertiary/aromatic N) is 1. The van der Waals surface area contributed by atoms with Crippen molar-refractivity contribution in [2.75, 3.05) is 4.90 Å². The van der Waals surface area contributed by atoms with Crippen LogP contribution in [0.2, 0.25) is 0 Å². The van der Waals surface area contributed by atoms with Crippen molar-refractivity contribution in [1.82, 2.24) is 0 Å². The number of hydrogen-bond donors (Lipinski definition) is 1. The number of carbonyl (C=O) groups is 2. The zero-order valence-electron chi connectivity index (χ0n) is 21.4. The van der Waals surface area contributed by atoms with Gasteiger partial charge in [-0.3, -0.25) is 9.59 Å². The van der Waals surface area contributed by atoms with E-state index >= 15 is 0 Å². The number of alkyl halides is 3. The SMILES string of the molecule is CC1(C)CC2(C(=O)N(Cc3ccc(C(F)(F)F)o3)c3ccccc32)c2ccc(OC3(C(N)=O)CCC3)cc2O1. The van der Waals surface area contributed by atoms with Crippen LogP contribution in [0.25, 0.3) is 0 Å². The van der Waals surface area contributed by atoms with Gasteiger partial charge < -0.3 is 24.5 Å². The molecule has 39 heavy (non-hydrogen) atoms. The van der Waals surface area contributed by atoms with Crippen molar-refractivity contribution in [1.29, 1.82) is 0 Å². The Morgan fingerprint density at radius 1 is 1.08 bits per heavy atom. The Morgan fingerprint density at radius 2 is 1.82 bits per heavy atom. The van der Waals surface area contributed by atoms with Crippen molar-refractivity contribution in [2.24, 2.45) is 5.73 Å². The molecule has 7 nitrogen and oxygen atoms in total. The van der Waals surface area contributed by atoms with Gasteiger partial charge in [-0.2, -0.15) is 13.2 Å². The van der Waals surface area contributed by atoms with Crippen LogP contribution < -0.4 is 20.1 Å². The lowest BCUT2D eigenvalue weighted by Gasteiger charge is -2.44. The number of carbonyl (C=O) groups excluding carboxylic acids is 2. The van der Waals surface area contributed by atoms with E-state index in [4.69, 9.17) is 19.6 Å². The van der Waals surface area contributed by atoms with Crippen LogP contribution in [0.3, 0.4) is 0 Å². The molecule has 1 atom stereocenters. The minimum absolute atomic E-state index is 0.0232. The Bertz CT molecular complexity index is 1490. The van der Waals surface area contributed by atoms with Gasteiger partial charge in [-0.25, -0.2) is 0 Å². The summed E-state index contributed by atoms with van der Waals surface area (Å²) < 4.78 is 56.9. The molecule has 1 fully saturated rings. The van der Waals surface area contributed by atoms with Gasteiger partial charge in [-0.05, 0) is 62.9 Å². The Morgan fingerprint density at radius 3 is 2.46 bits per heavy atom. The van der Waals surface area contributed by atoms with Crippen LogP contribution in [0.5, 0.6) is 11.5 Å². The number of amides is 2. The lowest BCUT2D eigenvalue weighted by Crippen LogP contribution is -2.54. The summed E-state index contributed by atoms with van der Waals surface area (Å²) in [6.07, 6.45) is -2.43. The van der Waals surface area contributed by atoms with Gasteiger partial charge in [0.1, 0.15) is 28.3 Å². The first-order valence-electron chi connectivity index (χ1n) is 12.7. The number of primary amides is 1. The van der Waals surface area contributed by atoms with Crippen molar-refractivity contribution in [2.45, 2.75) is 68.9 Å². The van der Waals surface area contributed by atoms with Gasteiger partial charge in [-0.1, -0.05) is 24.3 Å². The van der Waals surface area contributed by atoms with Crippen molar-refractivity contribution >= 4 is 17.5 Å². The third kappa shape index (κ3) is 3.87. The first-order chi connectivity index (χ1) is 18.3. The van der Waals surface area contributed by atoms with Crippen LogP contribution in [0.15, 0.2) is 59.0 Å². The lowest BCUT2D eigenvalue weighted by molar-refractivity contribution is -0.153. The number of benzene rings is 2. The number of fused-ring (bicyclic) bond motifs is 4. The van der Waals surface area contributed by atoms with Crippen LogP contribution in [0, 0.1) is 0 Å². The molecule has 3 heterocycles. The molecule has 2 N–H and O–H groups in total. The van der Waals surface area contributed by atoms with E-state index < -0.39 is 34.5 Å². The topological polar surface area (TPSA) is 95.0 Å². The summed E-state index contributed by atoms with van der Waals surface area (Å²) in [6.45, 7) is 3.60. The molecular formula is C29H27F3N2O5. The number of para-hydroxylation sites is 1. The molecule has 1 saturated carbocycles. The molecule has 2 aliphatic heterocycles. The van der Waals surface area contributed by atoms with Gasteiger partial charge in [0, 0.05) is 23.7 Å². The minimum Gasteiger partial charge on any atom is -0.487 e. The molecule has 3 aliphatic rings. The molecule has 2 aromatic carbocycles. The van der Waals surface area contributed by atoms with Crippen LogP contribution in [-0.4, -0.2) is 23.0 Å². The van der Waals surface area contributed by atoms with Gasteiger partial charge >= 0.3 is 6.18 Å². The maximum absolute atomic E-state index is 14.4. The Kier molecular flexibility index (Phi) is 5.37. The summed E-state index contributed by atoms with van der Waals surface area (Å²) in [6, 6.07) is 14.5. The highest BCUT2D eigenvalue weighted by atomic mass is 19.4. The standard InChI is InChI=1S/C29H27F3N2O5/c1-26(2)16-28(20-10-8-17(14-22(20)39-26)38-27(24(33)35)12-5-13-27)19-6-3-4-7-21(19)34(25(28)36)15-18-9-11-23(37-18)29(30,31)32/h3-4,6-11,14H,5,12-13,15-16H2,1-2H3,(H2,33,35). The van der Waals surface area contributed by atoms with Gasteiger partial charge in [0.2, 0.25) is 11.7 Å². The second kappa shape index (κ2) is 8.27. The van der Waals surface area contributed by atoms with Gasteiger partial charge in [0.05, 0.1) is 6.54 Å². The Labute approximate surface area is 222 Å². The van der Waals surface area contributed by atoms with Crippen LogP contribution in [0.1, 0.15) is 62.2 Å². The molecule has 1 aliphatic carbocycles. The highest BCUT2D eigenvalue weighted by Crippen LogP contribution is 2.57. The fraction of sp³-hybridized carbons (Fsp3) is 0.379. The fourth-order valence-electron chi connectivity index (χ4n) is 6.08. The average molecular weight is 541 g/mol. The van der Waals surface area contributed by atoms with E-state index in [1.54, 1.807) is 30.3 Å². The molecule has 0 saturated heterocycles. The largest absolute Gasteiger partial charge is 0.487 e. The number of hydrogen-bond acceptors (Lipinski definition) is 5. The maximum atomic E-state index is 14.4. The summed E-state index contributed by atoms with van der Waals surface area (Å²) in [5, 5.41) is 0. The molecule has 1 spiro atoms. The number of furan rings is 1. The Hall–Kier alpha value is -3.95. The van der Waals surface area contributed by atoms with Crippen LogP contribution in [-0.2, 0) is 27.7 Å². The monoisotopic (exact) mass is 540 g/mol. The fourth-order valence-corrected chi connectivity index (χ4v) is 6.08. The first-order valence-corrected chi connectivity index (χ1v) is 12.7. The molecule has 2 amide bonds. The molecule has 1 unspecified atom stereocenters. The summed E-state index contributed by atoms with van der Waals surface area (Å²) in [5.74, 6) is -1.05. The minimum atomic E-state index is -4.62. The van der Waals surface area contributed by atoms with E-state index in [1.165, 1.54) is 11.0 Å². The normalized spacial score (nSPS) is 22.6. The van der Waals surface area contributed by atoms with E-state index in [-0.39, 0.29) is 18.2 Å². The van der Waals surface area contributed by atoms with E-state index in [9.17, 15) is 22.8 Å². The summed E-state index contributed by atoms with van der Waals surface area (Å²) in [7, 11) is 0. The zero-order valence-corrected chi connectivity index (χ0v) is 21.4. The maximum Gasteiger partial charge on any atom is 0.449 e. The third-order valence-electron chi connectivity index (χ3n) is 7.93. The summed E-state index contributed by atoms with van der Waals surface area (Å²) in [4.78, 5) is 27.9. The number of rotatable bonds is 5. The molecule has 6 rings (SSSR count). The van der Waals surface area contributed by atoms with E-state index in [2.05, 4.69) is 0 Å². The second-order valence-electron chi connectivity index (χ2n) is 11.1. The lowest BCUT2D eigenvalue weighted by atomic mass is 9.67. The summed E-state index contributed by atoms with van der Waals surface area (Å²) >= 11 is 0. The number of anilines is 1. The predicted octanol–water partition coefficient (Wildman–Crippen LogP) is 5.48. The first kappa shape index (κ1) is 25.3. The molecule has 204 valence electrons. The summed E-state index contributed by atoms with van der Waals surface area (Å²) in [5.41, 5.74) is 4.58. The smallest absolute Gasteiger partial charge is 0.449 e. The van der Waals surface area contributed by atoms with Gasteiger partial charge in [0.15, 0.2) is 5.60 Å². The third-order valence-corrected chi connectivity index (χ3v) is 7.93. The van der Waals surface area contributed by atoms with Crippen molar-refractivity contribution in [3.05, 3.63) is 77.2 Å². The van der Waals surface area contributed by atoms with E-state index in [0.29, 0.717) is 42.0 Å². The van der Waals surface area contributed by atoms with E-state index in [0.717, 1.165) is 18.1 Å². The molecule has 0 bridgehead atoms. The van der Waals surface area contributed by atoms with Gasteiger partial charge in [-0.15, -0.1) is 0 Å². The van der Waals surface area contributed by atoms with Crippen LogP contribution >= 0.6 is 0 Å².